The molecular formula is C7H15N2O2+. The van der Waals surface area contributed by atoms with E-state index in [-0.39, 0.29) is 6.09 Å². The molecule has 0 aromatic rings. The molecule has 1 saturated heterocycles. The predicted octanol–water partition coefficient (Wildman–Crippen LogP) is -0.978. The van der Waals surface area contributed by atoms with Gasteiger partial charge in [-0.1, -0.05) is 0 Å². The molecule has 1 fully saturated rings. The Labute approximate surface area is 66.5 Å². The molecule has 1 heterocycles. The van der Waals surface area contributed by atoms with Gasteiger partial charge in [0, 0.05) is 0 Å². The van der Waals surface area contributed by atoms with Crippen molar-refractivity contribution in [3.8, 4) is 0 Å². The van der Waals surface area contributed by atoms with Crippen LogP contribution in [0.15, 0.2) is 0 Å². The highest BCUT2D eigenvalue weighted by molar-refractivity contribution is 5.67. The van der Waals surface area contributed by atoms with Crippen molar-refractivity contribution in [3.05, 3.63) is 0 Å². The van der Waals surface area contributed by atoms with Crippen molar-refractivity contribution in [1.82, 2.24) is 4.90 Å². The lowest BCUT2D eigenvalue weighted by Gasteiger charge is -2.23. The Morgan fingerprint density at radius 2 is 2.18 bits per heavy atom. The third-order valence-electron chi connectivity index (χ3n) is 1.73. The number of nitrogens with zero attached hydrogens (tertiary/aromatic N) is 1. The van der Waals surface area contributed by atoms with Gasteiger partial charge in [-0.25, -0.2) is 4.79 Å². The maximum atomic E-state index is 11.1. The maximum Gasteiger partial charge on any atom is 0.410 e. The Morgan fingerprint density at radius 3 is 2.73 bits per heavy atom. The summed E-state index contributed by atoms with van der Waals surface area (Å²) < 4.78 is 4.85. The number of hydrogen-bond acceptors (Lipinski definition) is 2. The fourth-order valence-corrected chi connectivity index (χ4v) is 1.15. The fourth-order valence-electron chi connectivity index (χ4n) is 1.15. The van der Waals surface area contributed by atoms with E-state index in [1.54, 1.807) is 4.90 Å². The molecule has 1 rings (SSSR count). The van der Waals surface area contributed by atoms with E-state index in [9.17, 15) is 4.79 Å². The number of amides is 1. The van der Waals surface area contributed by atoms with Gasteiger partial charge < -0.3 is 10.1 Å². The molecule has 0 saturated carbocycles. The Kier molecular flexibility index (Phi) is 3.16. The van der Waals surface area contributed by atoms with Crippen molar-refractivity contribution < 1.29 is 14.8 Å². The van der Waals surface area contributed by atoms with E-state index in [4.69, 9.17) is 4.74 Å². The van der Waals surface area contributed by atoms with Gasteiger partial charge in [0.05, 0.1) is 32.8 Å². The van der Waals surface area contributed by atoms with Gasteiger partial charge in [-0.05, 0) is 6.92 Å². The molecule has 0 aromatic heterocycles. The number of quaternary nitrogens is 1. The van der Waals surface area contributed by atoms with Gasteiger partial charge in [-0.15, -0.1) is 0 Å². The van der Waals surface area contributed by atoms with Crippen molar-refractivity contribution in [2.45, 2.75) is 6.92 Å². The van der Waals surface area contributed by atoms with Crippen LogP contribution in [0.1, 0.15) is 6.92 Å². The zero-order valence-electron chi connectivity index (χ0n) is 6.88. The first-order chi connectivity index (χ1) is 5.34. The molecule has 1 aliphatic rings. The van der Waals surface area contributed by atoms with E-state index in [1.807, 2.05) is 6.92 Å². The monoisotopic (exact) mass is 159 g/mol. The van der Waals surface area contributed by atoms with Crippen LogP contribution in [0.5, 0.6) is 0 Å². The molecule has 4 nitrogen and oxygen atoms in total. The highest BCUT2D eigenvalue weighted by Gasteiger charge is 2.18. The van der Waals surface area contributed by atoms with E-state index in [0.717, 1.165) is 26.2 Å². The smallest absolute Gasteiger partial charge is 0.410 e. The Hall–Kier alpha value is -0.770. The summed E-state index contributed by atoms with van der Waals surface area (Å²) >= 11 is 0. The maximum absolute atomic E-state index is 11.1. The average molecular weight is 159 g/mol. The molecule has 64 valence electrons. The highest BCUT2D eigenvalue weighted by Crippen LogP contribution is 1.93. The molecular weight excluding hydrogens is 144 g/mol. The van der Waals surface area contributed by atoms with Crippen LogP contribution in [-0.2, 0) is 4.74 Å². The second-order valence-corrected chi connectivity index (χ2v) is 2.55. The minimum Gasteiger partial charge on any atom is -0.450 e. The first-order valence-electron chi connectivity index (χ1n) is 4.08. The summed E-state index contributed by atoms with van der Waals surface area (Å²) in [6.07, 6.45) is -0.166. The van der Waals surface area contributed by atoms with E-state index < -0.39 is 0 Å². The Bertz CT molecular complexity index is 132. The van der Waals surface area contributed by atoms with Gasteiger partial charge in [0.2, 0.25) is 0 Å². The third kappa shape index (κ3) is 2.38. The van der Waals surface area contributed by atoms with Crippen LogP contribution in [-0.4, -0.2) is 43.8 Å². The van der Waals surface area contributed by atoms with Crippen molar-refractivity contribution >= 4 is 6.09 Å². The van der Waals surface area contributed by atoms with E-state index >= 15 is 0 Å². The molecule has 1 aliphatic heterocycles. The predicted molar refractivity (Wildman–Crippen MR) is 40.3 cm³/mol. The molecule has 0 atom stereocenters. The number of carbonyl (C=O) groups is 1. The van der Waals surface area contributed by atoms with Gasteiger partial charge in [0.15, 0.2) is 0 Å². The molecule has 0 bridgehead atoms. The van der Waals surface area contributed by atoms with Gasteiger partial charge in [0.1, 0.15) is 0 Å². The standard InChI is InChI=1S/C7H14N2O2/c1-2-11-7(10)9-5-3-8-4-6-9/h8H,2-6H2,1H3/p+1. The van der Waals surface area contributed by atoms with Crippen LogP contribution >= 0.6 is 0 Å². The number of piperazine rings is 1. The van der Waals surface area contributed by atoms with Crippen LogP contribution in [0.25, 0.3) is 0 Å². The summed E-state index contributed by atoms with van der Waals surface area (Å²) in [7, 11) is 0. The van der Waals surface area contributed by atoms with Gasteiger partial charge in [-0.2, -0.15) is 0 Å². The van der Waals surface area contributed by atoms with Crippen LogP contribution in [0, 0.1) is 0 Å². The summed E-state index contributed by atoms with van der Waals surface area (Å²) in [5.41, 5.74) is 0. The highest BCUT2D eigenvalue weighted by atomic mass is 16.6. The zero-order valence-corrected chi connectivity index (χ0v) is 6.88. The number of ether oxygens (including phenoxy) is 1. The second kappa shape index (κ2) is 4.18. The number of hydrogen-bond donors (Lipinski definition) is 1. The van der Waals surface area contributed by atoms with Crippen molar-refractivity contribution in [1.29, 1.82) is 0 Å². The fraction of sp³-hybridized carbons (Fsp3) is 0.857. The van der Waals surface area contributed by atoms with Crippen molar-refractivity contribution in [3.63, 3.8) is 0 Å². The molecule has 4 heteroatoms. The lowest BCUT2D eigenvalue weighted by molar-refractivity contribution is -0.662. The average Bonchev–Trinajstić information content (AvgIpc) is 2.07. The Balaban J connectivity index is 2.27. The van der Waals surface area contributed by atoms with E-state index in [1.165, 1.54) is 0 Å². The largest absolute Gasteiger partial charge is 0.450 e. The van der Waals surface area contributed by atoms with Crippen molar-refractivity contribution in [2.24, 2.45) is 0 Å². The summed E-state index contributed by atoms with van der Waals surface area (Å²) in [5.74, 6) is 0. The first-order valence-corrected chi connectivity index (χ1v) is 4.08. The van der Waals surface area contributed by atoms with Crippen LogP contribution in [0.2, 0.25) is 0 Å². The van der Waals surface area contributed by atoms with Gasteiger partial charge in [0.25, 0.3) is 0 Å². The summed E-state index contributed by atoms with van der Waals surface area (Å²) in [6.45, 7) is 5.93. The molecule has 0 unspecified atom stereocenters. The van der Waals surface area contributed by atoms with Gasteiger partial charge in [-0.3, -0.25) is 4.90 Å². The summed E-state index contributed by atoms with van der Waals surface area (Å²) in [5, 5.41) is 2.20. The lowest BCUT2D eigenvalue weighted by Crippen LogP contribution is -2.89. The molecule has 0 aromatic carbocycles. The third-order valence-corrected chi connectivity index (χ3v) is 1.73. The van der Waals surface area contributed by atoms with Crippen LogP contribution < -0.4 is 5.32 Å². The van der Waals surface area contributed by atoms with Crippen molar-refractivity contribution in [2.75, 3.05) is 32.8 Å². The van der Waals surface area contributed by atoms with E-state index in [2.05, 4.69) is 5.32 Å². The SMILES string of the molecule is CCOC(=O)N1CC[NH2+]CC1. The molecule has 0 radical (unpaired) electrons. The molecule has 0 aliphatic carbocycles. The summed E-state index contributed by atoms with van der Waals surface area (Å²) in [6, 6.07) is 0. The summed E-state index contributed by atoms with van der Waals surface area (Å²) in [4.78, 5) is 12.8. The second-order valence-electron chi connectivity index (χ2n) is 2.55. The molecule has 11 heavy (non-hydrogen) atoms. The van der Waals surface area contributed by atoms with Gasteiger partial charge >= 0.3 is 6.09 Å². The van der Waals surface area contributed by atoms with E-state index in [0.29, 0.717) is 6.61 Å². The lowest BCUT2D eigenvalue weighted by atomic mass is 10.4. The molecule has 1 amide bonds. The number of carbonyl (C=O) groups excluding carboxylic acids is 1. The number of rotatable bonds is 1. The normalized spacial score (nSPS) is 18.1. The minimum absolute atomic E-state index is 0.166. The molecule has 0 spiro atoms. The number of nitrogens with two attached hydrogens (primary N) is 1. The topological polar surface area (TPSA) is 46.1 Å². The zero-order chi connectivity index (χ0) is 8.10. The van der Waals surface area contributed by atoms with Crippen LogP contribution in [0.4, 0.5) is 4.79 Å². The van der Waals surface area contributed by atoms with Crippen LogP contribution in [0.3, 0.4) is 0 Å². The quantitative estimate of drug-likeness (QED) is 0.534. The molecule has 2 N–H and O–H groups in total. The Morgan fingerprint density at radius 1 is 1.55 bits per heavy atom. The minimum atomic E-state index is -0.166. The first kappa shape index (κ1) is 8.33.